The van der Waals surface area contributed by atoms with E-state index in [2.05, 4.69) is 47.6 Å². The summed E-state index contributed by atoms with van der Waals surface area (Å²) in [6.07, 6.45) is 4.44. The average molecular weight is 677 g/mol. The number of hydrogen-bond donors (Lipinski definition) is 4. The highest BCUT2D eigenvalue weighted by molar-refractivity contribution is 5.91. The van der Waals surface area contributed by atoms with Crippen molar-refractivity contribution >= 4 is 47.3 Å². The van der Waals surface area contributed by atoms with Crippen LogP contribution in [0.5, 0.6) is 0 Å². The van der Waals surface area contributed by atoms with Gasteiger partial charge in [0.05, 0.1) is 0 Å². The molecule has 4 N–H and O–H groups in total. The maximum atomic E-state index is 12.7. The van der Waals surface area contributed by atoms with Crippen LogP contribution in [0.2, 0.25) is 0 Å². The lowest BCUT2D eigenvalue weighted by Gasteiger charge is -2.29. The van der Waals surface area contributed by atoms with Crippen LogP contribution in [0.3, 0.4) is 0 Å². The molecule has 0 heterocycles. The maximum Gasteiger partial charge on any atom is 0.330 e. The van der Waals surface area contributed by atoms with Crippen LogP contribution in [0.15, 0.2) is 99.2 Å². The fraction of sp³-hybridized carbons (Fsp3) is 0.257. The van der Waals surface area contributed by atoms with Crippen LogP contribution < -0.4 is 21.3 Å². The zero-order chi connectivity index (χ0) is 36.5. The van der Waals surface area contributed by atoms with E-state index in [0.717, 1.165) is 35.4 Å². The van der Waals surface area contributed by atoms with Crippen molar-refractivity contribution in [1.82, 2.24) is 10.6 Å². The Morgan fingerprint density at radius 2 is 0.796 bits per heavy atom. The molecule has 0 unspecified atom stereocenters. The average Bonchev–Trinajstić information content (AvgIpc) is 3.09. The zero-order valence-electron chi connectivity index (χ0n) is 27.4. The van der Waals surface area contributed by atoms with E-state index < -0.39 is 47.0 Å². The number of nitrogens with one attached hydrogen (secondary N) is 4. The minimum absolute atomic E-state index is 0.284. The monoisotopic (exact) mass is 676 g/mol. The van der Waals surface area contributed by atoms with Gasteiger partial charge in [-0.2, -0.15) is 0 Å². The van der Waals surface area contributed by atoms with Crippen LogP contribution in [-0.4, -0.2) is 73.4 Å². The lowest BCUT2D eigenvalue weighted by atomic mass is 10.0. The van der Waals surface area contributed by atoms with Crippen LogP contribution in [0, 0.1) is 0 Å². The molecule has 2 aromatic carbocycles. The van der Waals surface area contributed by atoms with E-state index in [1.807, 2.05) is 24.3 Å². The first-order valence-electron chi connectivity index (χ1n) is 14.7. The van der Waals surface area contributed by atoms with Gasteiger partial charge in [0, 0.05) is 35.7 Å². The molecule has 0 saturated heterocycles. The molecule has 0 fully saturated rings. The first kappa shape index (κ1) is 39.0. The molecule has 0 atom stereocenters. The van der Waals surface area contributed by atoms with Gasteiger partial charge in [0.25, 0.3) is 0 Å². The van der Waals surface area contributed by atoms with E-state index in [0.29, 0.717) is 17.8 Å². The number of anilines is 2. The molecule has 14 nitrogen and oxygen atoms in total. The normalized spacial score (nSPS) is 10.7. The molecule has 0 bridgehead atoms. The number of hydrogen-bond acceptors (Lipinski definition) is 10. The Morgan fingerprint density at radius 3 is 1.04 bits per heavy atom. The zero-order valence-corrected chi connectivity index (χ0v) is 27.4. The van der Waals surface area contributed by atoms with Crippen molar-refractivity contribution in [2.75, 3.05) is 37.1 Å². The third-order valence-corrected chi connectivity index (χ3v) is 6.46. The second kappa shape index (κ2) is 18.8. The SMILES string of the molecule is C=CC(=O)OCC(C)(COC(=O)C=C)NC(=O)Nc1ccc(Cc2ccc(NC(=O)NC(C)(COC(=O)C=C)COC(=O)C=C)cc2)cc1. The molecule has 0 saturated carbocycles. The van der Waals surface area contributed by atoms with Gasteiger partial charge in [-0.1, -0.05) is 50.6 Å². The number of benzene rings is 2. The largest absolute Gasteiger partial charge is 0.460 e. The lowest BCUT2D eigenvalue weighted by molar-refractivity contribution is -0.145. The van der Waals surface area contributed by atoms with E-state index >= 15 is 0 Å². The summed E-state index contributed by atoms with van der Waals surface area (Å²) in [5.74, 6) is -2.82. The standard InChI is InChI=1S/C35H40N4O10/c1-7-28(40)46-20-34(5,21-47-29(41)8-2)38-32(44)36-26-15-11-24(12-16-26)19-25-13-17-27(18-14-25)37-33(45)39-35(6,22-48-30(42)9-3)23-49-31(43)10-4/h7-18H,1-4,19-23H2,5-6H3,(H2,36,38,44)(H2,37,39,45). The second-order valence-corrected chi connectivity index (χ2v) is 11.1. The molecule has 4 amide bonds. The number of carbonyl (C=O) groups is 6. The van der Waals surface area contributed by atoms with E-state index in [4.69, 9.17) is 18.9 Å². The van der Waals surface area contributed by atoms with Crippen molar-refractivity contribution in [1.29, 1.82) is 0 Å². The number of esters is 4. The summed E-state index contributed by atoms with van der Waals surface area (Å²) in [4.78, 5) is 71.7. The van der Waals surface area contributed by atoms with Crippen molar-refractivity contribution in [2.24, 2.45) is 0 Å². The number of carbonyl (C=O) groups excluding carboxylic acids is 6. The smallest absolute Gasteiger partial charge is 0.330 e. The van der Waals surface area contributed by atoms with Crippen LogP contribution in [0.4, 0.5) is 21.0 Å². The summed E-state index contributed by atoms with van der Waals surface area (Å²) in [5.41, 5.74) is 0.324. The Labute approximate surface area is 284 Å². The first-order valence-corrected chi connectivity index (χ1v) is 14.7. The van der Waals surface area contributed by atoms with Gasteiger partial charge in [0.1, 0.15) is 37.5 Å². The summed E-state index contributed by atoms with van der Waals surface area (Å²) in [6, 6.07) is 12.9. The molecule has 14 heteroatoms. The van der Waals surface area contributed by atoms with Crippen LogP contribution >= 0.6 is 0 Å². The fourth-order valence-corrected chi connectivity index (χ4v) is 3.91. The summed E-state index contributed by atoms with van der Waals surface area (Å²) in [7, 11) is 0. The molecule has 0 spiro atoms. The number of rotatable bonds is 18. The van der Waals surface area contributed by atoms with Gasteiger partial charge < -0.3 is 40.2 Å². The van der Waals surface area contributed by atoms with Gasteiger partial charge in [-0.15, -0.1) is 0 Å². The second-order valence-electron chi connectivity index (χ2n) is 11.1. The Balaban J connectivity index is 1.97. The summed E-state index contributed by atoms with van der Waals surface area (Å²) in [5, 5.41) is 10.7. The van der Waals surface area contributed by atoms with E-state index in [9.17, 15) is 28.8 Å². The Morgan fingerprint density at radius 1 is 0.531 bits per heavy atom. The third-order valence-electron chi connectivity index (χ3n) is 6.46. The quantitative estimate of drug-likeness (QED) is 0.102. The van der Waals surface area contributed by atoms with Gasteiger partial charge >= 0.3 is 35.9 Å². The molecule has 0 aliphatic carbocycles. The highest BCUT2D eigenvalue weighted by Gasteiger charge is 2.31. The highest BCUT2D eigenvalue weighted by atomic mass is 16.6. The Hall–Kier alpha value is -6.18. The number of urea groups is 2. The molecule has 49 heavy (non-hydrogen) atoms. The van der Waals surface area contributed by atoms with Gasteiger partial charge in [-0.3, -0.25) is 0 Å². The van der Waals surface area contributed by atoms with Gasteiger partial charge in [0.2, 0.25) is 0 Å². The van der Waals surface area contributed by atoms with Crippen LogP contribution in [0.1, 0.15) is 25.0 Å². The topological polar surface area (TPSA) is 187 Å². The predicted molar refractivity (Wildman–Crippen MR) is 181 cm³/mol. The number of ether oxygens (including phenoxy) is 4. The van der Waals surface area contributed by atoms with Crippen molar-refractivity contribution in [3.05, 3.63) is 110 Å². The summed E-state index contributed by atoms with van der Waals surface area (Å²) < 4.78 is 20.2. The third kappa shape index (κ3) is 14.4. The molecule has 0 aromatic heterocycles. The minimum Gasteiger partial charge on any atom is -0.460 e. The molecule has 0 aliphatic heterocycles. The van der Waals surface area contributed by atoms with E-state index in [1.54, 1.807) is 38.1 Å². The molecule has 0 radical (unpaired) electrons. The lowest BCUT2D eigenvalue weighted by Crippen LogP contribution is -2.54. The molecular formula is C35H40N4O10. The fourth-order valence-electron chi connectivity index (χ4n) is 3.91. The number of amides is 4. The van der Waals surface area contributed by atoms with Crippen molar-refractivity contribution in [3.8, 4) is 0 Å². The molecule has 2 aromatic rings. The minimum atomic E-state index is -1.25. The van der Waals surface area contributed by atoms with Crippen LogP contribution in [0.25, 0.3) is 0 Å². The Bertz CT molecular complexity index is 1390. The molecule has 0 aliphatic rings. The van der Waals surface area contributed by atoms with Gasteiger partial charge in [0.15, 0.2) is 0 Å². The first-order chi connectivity index (χ1) is 23.2. The van der Waals surface area contributed by atoms with Gasteiger partial charge in [-0.05, 0) is 55.7 Å². The van der Waals surface area contributed by atoms with Crippen molar-refractivity contribution in [2.45, 2.75) is 31.3 Å². The van der Waals surface area contributed by atoms with E-state index in [-0.39, 0.29) is 26.4 Å². The summed E-state index contributed by atoms with van der Waals surface area (Å²) in [6.45, 7) is 15.3. The van der Waals surface area contributed by atoms with E-state index in [1.165, 1.54) is 0 Å². The van der Waals surface area contributed by atoms with Crippen molar-refractivity contribution < 1.29 is 47.7 Å². The Kier molecular flexibility index (Phi) is 15.0. The maximum absolute atomic E-state index is 12.7. The highest BCUT2D eigenvalue weighted by Crippen LogP contribution is 2.17. The van der Waals surface area contributed by atoms with Crippen molar-refractivity contribution in [3.63, 3.8) is 0 Å². The summed E-state index contributed by atoms with van der Waals surface area (Å²) >= 11 is 0. The predicted octanol–water partition coefficient (Wildman–Crippen LogP) is 3.95. The van der Waals surface area contributed by atoms with Crippen LogP contribution in [-0.2, 0) is 44.5 Å². The molecule has 260 valence electrons. The molecule has 2 rings (SSSR count). The van der Waals surface area contributed by atoms with Gasteiger partial charge in [-0.25, -0.2) is 28.8 Å². The molecular weight excluding hydrogens is 636 g/mol.